The van der Waals surface area contributed by atoms with Crippen molar-refractivity contribution < 1.29 is 14.4 Å². The Morgan fingerprint density at radius 1 is 1.33 bits per heavy atom. The number of amides is 3. The van der Waals surface area contributed by atoms with Gasteiger partial charge in [0.05, 0.1) is 4.91 Å². The van der Waals surface area contributed by atoms with E-state index in [0.29, 0.717) is 17.4 Å². The van der Waals surface area contributed by atoms with Crippen LogP contribution in [0, 0.1) is 18.8 Å². The molecule has 1 aliphatic carbocycles. The van der Waals surface area contributed by atoms with Crippen molar-refractivity contribution in [3.05, 3.63) is 40.3 Å². The quantitative estimate of drug-likeness (QED) is 0.834. The number of aryl methyl sites for hydroxylation is 1. The SMILES string of the molecule is Cc1ccc(/C=C2\SC(=O)N(CCNC(=O)C3CC3C)C2=O)cc1. The largest absolute Gasteiger partial charge is 0.354 e. The summed E-state index contributed by atoms with van der Waals surface area (Å²) in [6.45, 7) is 4.55. The molecule has 2 atom stereocenters. The average Bonchev–Trinajstić information content (AvgIpc) is 3.22. The van der Waals surface area contributed by atoms with Crippen LogP contribution >= 0.6 is 11.8 Å². The lowest BCUT2D eigenvalue weighted by molar-refractivity contribution is -0.125. The first-order chi connectivity index (χ1) is 11.5. The minimum atomic E-state index is -0.292. The first kappa shape index (κ1) is 16.8. The van der Waals surface area contributed by atoms with Gasteiger partial charge in [0.25, 0.3) is 11.1 Å². The number of rotatable bonds is 5. The monoisotopic (exact) mass is 344 g/mol. The Bertz CT molecular complexity index is 711. The summed E-state index contributed by atoms with van der Waals surface area (Å²) < 4.78 is 0. The molecule has 126 valence electrons. The molecule has 0 bridgehead atoms. The van der Waals surface area contributed by atoms with Gasteiger partial charge in [-0.3, -0.25) is 19.3 Å². The summed E-state index contributed by atoms with van der Waals surface area (Å²) >= 11 is 0.945. The van der Waals surface area contributed by atoms with Crippen molar-refractivity contribution in [3.8, 4) is 0 Å². The maximum atomic E-state index is 12.4. The van der Waals surface area contributed by atoms with Gasteiger partial charge in [-0.25, -0.2) is 0 Å². The molecule has 2 aliphatic rings. The van der Waals surface area contributed by atoms with Crippen molar-refractivity contribution in [2.45, 2.75) is 20.3 Å². The molecule has 0 aromatic heterocycles. The van der Waals surface area contributed by atoms with Gasteiger partial charge < -0.3 is 5.32 Å². The minimum Gasteiger partial charge on any atom is -0.354 e. The van der Waals surface area contributed by atoms with Gasteiger partial charge in [-0.2, -0.15) is 0 Å². The Kier molecular flexibility index (Phi) is 4.76. The van der Waals surface area contributed by atoms with E-state index in [0.717, 1.165) is 29.3 Å². The van der Waals surface area contributed by atoms with Gasteiger partial charge in [0.2, 0.25) is 5.91 Å². The molecule has 3 rings (SSSR count). The number of nitrogens with zero attached hydrogens (tertiary/aromatic N) is 1. The van der Waals surface area contributed by atoms with Gasteiger partial charge >= 0.3 is 0 Å². The Hall–Kier alpha value is -2.08. The lowest BCUT2D eigenvalue weighted by atomic mass is 10.1. The fourth-order valence-corrected chi connectivity index (χ4v) is 3.48. The zero-order valence-electron chi connectivity index (χ0n) is 13.7. The fraction of sp³-hybridized carbons (Fsp3) is 0.389. The van der Waals surface area contributed by atoms with E-state index in [1.165, 1.54) is 4.90 Å². The molecule has 0 radical (unpaired) electrons. The van der Waals surface area contributed by atoms with E-state index in [1.807, 2.05) is 38.1 Å². The maximum absolute atomic E-state index is 12.4. The molecule has 1 saturated carbocycles. The van der Waals surface area contributed by atoms with E-state index in [-0.39, 0.29) is 29.5 Å². The molecule has 2 unspecified atom stereocenters. The van der Waals surface area contributed by atoms with Gasteiger partial charge in [-0.1, -0.05) is 36.8 Å². The summed E-state index contributed by atoms with van der Waals surface area (Å²) in [5.74, 6) is 0.269. The summed E-state index contributed by atoms with van der Waals surface area (Å²) in [6, 6.07) is 7.76. The predicted molar refractivity (Wildman–Crippen MR) is 94.1 cm³/mol. The molecular weight excluding hydrogens is 324 g/mol. The van der Waals surface area contributed by atoms with E-state index in [4.69, 9.17) is 0 Å². The molecule has 3 amide bonds. The average molecular weight is 344 g/mol. The maximum Gasteiger partial charge on any atom is 0.293 e. The number of carbonyl (C=O) groups excluding carboxylic acids is 3. The Morgan fingerprint density at radius 2 is 2.00 bits per heavy atom. The highest BCUT2D eigenvalue weighted by atomic mass is 32.2. The second kappa shape index (κ2) is 6.81. The van der Waals surface area contributed by atoms with Gasteiger partial charge in [0.15, 0.2) is 0 Å². The molecule has 24 heavy (non-hydrogen) atoms. The molecular formula is C18H20N2O3S. The zero-order valence-corrected chi connectivity index (χ0v) is 14.6. The molecule has 1 aliphatic heterocycles. The third-order valence-corrected chi connectivity index (χ3v) is 5.24. The van der Waals surface area contributed by atoms with E-state index < -0.39 is 0 Å². The number of thioether (sulfide) groups is 1. The van der Waals surface area contributed by atoms with Crippen LogP contribution in [0.5, 0.6) is 0 Å². The molecule has 1 N–H and O–H groups in total. The summed E-state index contributed by atoms with van der Waals surface area (Å²) in [7, 11) is 0. The van der Waals surface area contributed by atoms with Crippen LogP contribution in [0.15, 0.2) is 29.2 Å². The van der Waals surface area contributed by atoms with Crippen molar-refractivity contribution in [3.63, 3.8) is 0 Å². The molecule has 2 fully saturated rings. The fourth-order valence-electron chi connectivity index (χ4n) is 2.62. The first-order valence-electron chi connectivity index (χ1n) is 8.05. The number of hydrogen-bond acceptors (Lipinski definition) is 4. The lowest BCUT2D eigenvalue weighted by Crippen LogP contribution is -2.37. The topological polar surface area (TPSA) is 66.5 Å². The second-order valence-electron chi connectivity index (χ2n) is 6.35. The van der Waals surface area contributed by atoms with Crippen LogP contribution in [-0.4, -0.2) is 35.0 Å². The smallest absolute Gasteiger partial charge is 0.293 e. The summed E-state index contributed by atoms with van der Waals surface area (Å²) in [6.07, 6.45) is 2.65. The summed E-state index contributed by atoms with van der Waals surface area (Å²) in [4.78, 5) is 37.8. The number of benzene rings is 1. The summed E-state index contributed by atoms with van der Waals surface area (Å²) in [5, 5.41) is 2.52. The molecule has 1 aromatic rings. The third kappa shape index (κ3) is 3.70. The van der Waals surface area contributed by atoms with Crippen LogP contribution in [0.4, 0.5) is 4.79 Å². The first-order valence-corrected chi connectivity index (χ1v) is 8.87. The predicted octanol–water partition coefficient (Wildman–Crippen LogP) is 2.80. The van der Waals surface area contributed by atoms with Gasteiger partial charge in [0.1, 0.15) is 0 Å². The summed E-state index contributed by atoms with van der Waals surface area (Å²) in [5.41, 5.74) is 2.03. The van der Waals surface area contributed by atoms with Crippen molar-refractivity contribution in [1.82, 2.24) is 10.2 Å². The van der Waals surface area contributed by atoms with Crippen LogP contribution in [0.2, 0.25) is 0 Å². The molecule has 5 nitrogen and oxygen atoms in total. The highest BCUT2D eigenvalue weighted by molar-refractivity contribution is 8.18. The standard InChI is InChI=1S/C18H20N2O3S/c1-11-3-5-13(6-4-11)10-15-17(22)20(18(23)24-15)8-7-19-16(21)14-9-12(14)2/h3-6,10,12,14H,7-9H2,1-2H3,(H,19,21)/b15-10-. The van der Waals surface area contributed by atoms with Gasteiger partial charge in [0, 0.05) is 19.0 Å². The Labute approximate surface area is 145 Å². The van der Waals surface area contributed by atoms with Gasteiger partial charge in [-0.15, -0.1) is 0 Å². The lowest BCUT2D eigenvalue weighted by Gasteiger charge is -2.12. The molecule has 1 aromatic carbocycles. The van der Waals surface area contributed by atoms with Crippen molar-refractivity contribution >= 4 is 34.9 Å². The number of hydrogen-bond donors (Lipinski definition) is 1. The second-order valence-corrected chi connectivity index (χ2v) is 7.35. The molecule has 6 heteroatoms. The van der Waals surface area contributed by atoms with Crippen molar-refractivity contribution in [2.75, 3.05) is 13.1 Å². The highest BCUT2D eigenvalue weighted by Gasteiger charge is 2.39. The normalized spacial score (nSPS) is 24.6. The third-order valence-electron chi connectivity index (χ3n) is 4.33. The van der Waals surface area contributed by atoms with Crippen LogP contribution in [0.3, 0.4) is 0 Å². The number of nitrogens with one attached hydrogen (secondary N) is 1. The van der Waals surface area contributed by atoms with E-state index >= 15 is 0 Å². The van der Waals surface area contributed by atoms with Crippen molar-refractivity contribution in [1.29, 1.82) is 0 Å². The van der Waals surface area contributed by atoms with E-state index in [1.54, 1.807) is 6.08 Å². The van der Waals surface area contributed by atoms with E-state index in [2.05, 4.69) is 5.32 Å². The van der Waals surface area contributed by atoms with Crippen LogP contribution < -0.4 is 5.32 Å². The van der Waals surface area contributed by atoms with Crippen LogP contribution in [0.25, 0.3) is 6.08 Å². The highest BCUT2D eigenvalue weighted by Crippen LogP contribution is 2.37. The molecule has 0 spiro atoms. The zero-order chi connectivity index (χ0) is 17.3. The number of imide groups is 1. The Morgan fingerprint density at radius 3 is 2.62 bits per heavy atom. The van der Waals surface area contributed by atoms with Gasteiger partial charge in [-0.05, 0) is 42.7 Å². The van der Waals surface area contributed by atoms with Crippen molar-refractivity contribution in [2.24, 2.45) is 11.8 Å². The van der Waals surface area contributed by atoms with Crippen LogP contribution in [0.1, 0.15) is 24.5 Å². The number of carbonyl (C=O) groups is 3. The van der Waals surface area contributed by atoms with Crippen LogP contribution in [-0.2, 0) is 9.59 Å². The van der Waals surface area contributed by atoms with E-state index in [9.17, 15) is 14.4 Å². The molecule has 1 saturated heterocycles. The Balaban J connectivity index is 1.57. The molecule has 1 heterocycles. The minimum absolute atomic E-state index is 0.0182.